The fraction of sp³-hybridized carbons (Fsp3) is 0.476. The Balaban J connectivity index is 2.15. The molecule has 2 aromatic rings. The number of pyridine rings is 1. The molecule has 0 bridgehead atoms. The van der Waals surface area contributed by atoms with Crippen LogP contribution in [0.3, 0.4) is 0 Å². The van der Waals surface area contributed by atoms with Crippen LogP contribution in [0.4, 0.5) is 0 Å². The fourth-order valence-corrected chi connectivity index (χ4v) is 3.33. The predicted molar refractivity (Wildman–Crippen MR) is 100 cm³/mol. The first-order chi connectivity index (χ1) is 11.3. The number of benzene rings is 1. The first kappa shape index (κ1) is 18.6. The summed E-state index contributed by atoms with van der Waals surface area (Å²) in [4.78, 5) is 6.85. The van der Waals surface area contributed by atoms with E-state index >= 15 is 0 Å². The zero-order valence-electron chi connectivity index (χ0n) is 15.8. The number of nitrogens with zero attached hydrogens (tertiary/aromatic N) is 2. The van der Waals surface area contributed by atoms with Crippen molar-refractivity contribution in [2.45, 2.75) is 60.2 Å². The van der Waals surface area contributed by atoms with E-state index in [9.17, 15) is 5.11 Å². The van der Waals surface area contributed by atoms with Gasteiger partial charge in [-0.05, 0) is 87.2 Å². The van der Waals surface area contributed by atoms with Crippen molar-refractivity contribution in [2.24, 2.45) is 0 Å². The second kappa shape index (κ2) is 7.91. The summed E-state index contributed by atoms with van der Waals surface area (Å²) in [5.41, 5.74) is 8.50. The van der Waals surface area contributed by atoms with E-state index in [1.165, 1.54) is 27.8 Å². The molecule has 24 heavy (non-hydrogen) atoms. The molecule has 3 nitrogen and oxygen atoms in total. The molecule has 1 unspecified atom stereocenters. The average Bonchev–Trinajstić information content (AvgIpc) is 2.51. The van der Waals surface area contributed by atoms with Crippen LogP contribution in [0.1, 0.15) is 46.0 Å². The Hall–Kier alpha value is -1.71. The summed E-state index contributed by atoms with van der Waals surface area (Å²) in [6, 6.07) is 6.79. The molecular formula is C21H30N2O. The van der Waals surface area contributed by atoms with E-state index in [1.807, 2.05) is 12.3 Å². The highest BCUT2D eigenvalue weighted by atomic mass is 16.3. The second-order valence-electron chi connectivity index (χ2n) is 7.04. The smallest absolute Gasteiger partial charge is 0.0687 e. The van der Waals surface area contributed by atoms with Gasteiger partial charge in [-0.1, -0.05) is 6.07 Å². The Morgan fingerprint density at radius 1 is 1.08 bits per heavy atom. The third-order valence-electron chi connectivity index (χ3n) is 5.09. The minimum Gasteiger partial charge on any atom is -0.392 e. The van der Waals surface area contributed by atoms with Gasteiger partial charge in [0, 0.05) is 30.9 Å². The normalized spacial score (nSPS) is 12.7. The summed E-state index contributed by atoms with van der Waals surface area (Å²) in [5.74, 6) is 0. The molecule has 1 N–H and O–H groups in total. The van der Waals surface area contributed by atoms with Crippen molar-refractivity contribution in [3.8, 4) is 0 Å². The molecule has 0 aliphatic rings. The lowest BCUT2D eigenvalue weighted by Crippen LogP contribution is -2.31. The maximum atomic E-state index is 9.66. The van der Waals surface area contributed by atoms with Crippen molar-refractivity contribution in [1.29, 1.82) is 0 Å². The predicted octanol–water partition coefficient (Wildman–Crippen LogP) is 3.87. The van der Waals surface area contributed by atoms with Crippen LogP contribution in [0.5, 0.6) is 0 Å². The molecule has 1 heterocycles. The Kier molecular flexibility index (Phi) is 6.14. The molecule has 2 rings (SSSR count). The van der Waals surface area contributed by atoms with Gasteiger partial charge in [0.25, 0.3) is 0 Å². The van der Waals surface area contributed by atoms with Crippen LogP contribution in [0.25, 0.3) is 0 Å². The number of aromatic nitrogens is 1. The van der Waals surface area contributed by atoms with Crippen molar-refractivity contribution in [2.75, 3.05) is 7.05 Å². The number of hydrogen-bond donors (Lipinski definition) is 1. The molecule has 1 aromatic heterocycles. The lowest BCUT2D eigenvalue weighted by molar-refractivity contribution is 0.245. The number of likely N-dealkylation sites (N-methyl/N-ethyl adjacent to an activating group) is 1. The second-order valence-corrected chi connectivity index (χ2v) is 7.04. The van der Waals surface area contributed by atoms with Crippen molar-refractivity contribution in [3.63, 3.8) is 0 Å². The highest BCUT2D eigenvalue weighted by molar-refractivity contribution is 5.44. The Bertz CT molecular complexity index is 709. The first-order valence-corrected chi connectivity index (χ1v) is 8.64. The van der Waals surface area contributed by atoms with Gasteiger partial charge in [0.05, 0.1) is 6.61 Å². The van der Waals surface area contributed by atoms with Gasteiger partial charge in [-0.15, -0.1) is 0 Å². The van der Waals surface area contributed by atoms with Gasteiger partial charge < -0.3 is 5.11 Å². The van der Waals surface area contributed by atoms with Crippen LogP contribution in [0, 0.1) is 27.7 Å². The van der Waals surface area contributed by atoms with E-state index in [0.29, 0.717) is 6.04 Å². The molecule has 0 amide bonds. The van der Waals surface area contributed by atoms with Crippen LogP contribution in [0.15, 0.2) is 24.4 Å². The Labute approximate surface area is 146 Å². The fourth-order valence-electron chi connectivity index (χ4n) is 3.33. The molecule has 0 spiro atoms. The SMILES string of the molecule is Cc1ccnc(CC(C)N(C)Cc2c(C)cc(C)c(CO)c2C)c1. The molecule has 3 heteroatoms. The monoisotopic (exact) mass is 326 g/mol. The van der Waals surface area contributed by atoms with E-state index in [-0.39, 0.29) is 6.61 Å². The van der Waals surface area contributed by atoms with Crippen LogP contribution in [-0.2, 0) is 19.6 Å². The van der Waals surface area contributed by atoms with Gasteiger partial charge in [0.15, 0.2) is 0 Å². The van der Waals surface area contributed by atoms with E-state index in [0.717, 1.165) is 24.2 Å². The van der Waals surface area contributed by atoms with Gasteiger partial charge in [-0.3, -0.25) is 9.88 Å². The zero-order valence-corrected chi connectivity index (χ0v) is 15.8. The quantitative estimate of drug-likeness (QED) is 0.875. The van der Waals surface area contributed by atoms with E-state index in [1.54, 1.807) is 0 Å². The third-order valence-corrected chi connectivity index (χ3v) is 5.09. The van der Waals surface area contributed by atoms with Crippen LogP contribution >= 0.6 is 0 Å². The molecule has 130 valence electrons. The number of aliphatic hydroxyl groups is 1. The van der Waals surface area contributed by atoms with Crippen molar-refractivity contribution < 1.29 is 5.11 Å². The van der Waals surface area contributed by atoms with Crippen LogP contribution < -0.4 is 0 Å². The average molecular weight is 326 g/mol. The first-order valence-electron chi connectivity index (χ1n) is 8.64. The Morgan fingerprint density at radius 3 is 2.38 bits per heavy atom. The standard InChI is InChI=1S/C21H30N2O/c1-14-7-8-22-19(9-14)11-17(4)23(6)12-20-15(2)10-16(3)21(13-24)18(20)5/h7-10,17,24H,11-13H2,1-6H3. The summed E-state index contributed by atoms with van der Waals surface area (Å²) in [6.45, 7) is 11.7. The summed E-state index contributed by atoms with van der Waals surface area (Å²) in [7, 11) is 2.16. The maximum absolute atomic E-state index is 9.66. The highest BCUT2D eigenvalue weighted by Gasteiger charge is 2.16. The van der Waals surface area contributed by atoms with Crippen molar-refractivity contribution in [1.82, 2.24) is 9.88 Å². The van der Waals surface area contributed by atoms with Crippen LogP contribution in [-0.4, -0.2) is 28.1 Å². The zero-order chi connectivity index (χ0) is 17.9. The number of aliphatic hydroxyl groups excluding tert-OH is 1. The van der Waals surface area contributed by atoms with E-state index < -0.39 is 0 Å². The molecular weight excluding hydrogens is 296 g/mol. The molecule has 1 aromatic carbocycles. The molecule has 1 atom stereocenters. The molecule has 0 saturated carbocycles. The Morgan fingerprint density at radius 2 is 1.75 bits per heavy atom. The van der Waals surface area contributed by atoms with Gasteiger partial charge >= 0.3 is 0 Å². The largest absolute Gasteiger partial charge is 0.392 e. The van der Waals surface area contributed by atoms with E-state index in [2.05, 4.69) is 63.7 Å². The summed E-state index contributed by atoms with van der Waals surface area (Å²) >= 11 is 0. The molecule has 0 fully saturated rings. The minimum atomic E-state index is 0.109. The maximum Gasteiger partial charge on any atom is 0.0687 e. The van der Waals surface area contributed by atoms with Gasteiger partial charge in [0.1, 0.15) is 0 Å². The van der Waals surface area contributed by atoms with E-state index in [4.69, 9.17) is 0 Å². The van der Waals surface area contributed by atoms with Gasteiger partial charge in [-0.25, -0.2) is 0 Å². The summed E-state index contributed by atoms with van der Waals surface area (Å²) < 4.78 is 0. The number of rotatable bonds is 6. The molecule has 0 aliphatic heterocycles. The molecule has 0 aliphatic carbocycles. The van der Waals surface area contributed by atoms with Crippen molar-refractivity contribution >= 4 is 0 Å². The van der Waals surface area contributed by atoms with Gasteiger partial charge in [0.2, 0.25) is 0 Å². The third kappa shape index (κ3) is 4.22. The summed E-state index contributed by atoms with van der Waals surface area (Å²) in [5, 5.41) is 9.66. The number of hydrogen-bond acceptors (Lipinski definition) is 3. The lowest BCUT2D eigenvalue weighted by atomic mass is 9.93. The lowest BCUT2D eigenvalue weighted by Gasteiger charge is -2.27. The minimum absolute atomic E-state index is 0.109. The highest BCUT2D eigenvalue weighted by Crippen LogP contribution is 2.24. The number of aryl methyl sites for hydroxylation is 3. The topological polar surface area (TPSA) is 36.4 Å². The molecule has 0 radical (unpaired) electrons. The van der Waals surface area contributed by atoms with Crippen LogP contribution in [0.2, 0.25) is 0 Å². The molecule has 0 saturated heterocycles. The van der Waals surface area contributed by atoms with Gasteiger partial charge in [-0.2, -0.15) is 0 Å². The summed E-state index contributed by atoms with van der Waals surface area (Å²) in [6.07, 6.45) is 2.83. The van der Waals surface area contributed by atoms with Crippen molar-refractivity contribution in [3.05, 3.63) is 63.5 Å².